The molecule has 1 aromatic carbocycles. The molecule has 2 rings (SSSR count). The molecule has 0 aliphatic heterocycles. The number of imidazole rings is 1. The van der Waals surface area contributed by atoms with Gasteiger partial charge in [-0.1, -0.05) is 30.3 Å². The Hall–Kier alpha value is -2.64. The highest BCUT2D eigenvalue weighted by Crippen LogP contribution is 2.36. The molecule has 122 valence electrons. The Morgan fingerprint density at radius 3 is 2.52 bits per heavy atom. The van der Waals surface area contributed by atoms with Gasteiger partial charge in [0.15, 0.2) is 11.6 Å². The van der Waals surface area contributed by atoms with Gasteiger partial charge in [0.2, 0.25) is 6.54 Å². The Morgan fingerprint density at radius 1 is 1.39 bits per heavy atom. The zero-order valence-corrected chi connectivity index (χ0v) is 12.4. The van der Waals surface area contributed by atoms with E-state index in [1.807, 2.05) is 0 Å². The second-order valence-electron chi connectivity index (χ2n) is 5.28. The molecule has 0 spiro atoms. The Morgan fingerprint density at radius 2 is 2.04 bits per heavy atom. The summed E-state index contributed by atoms with van der Waals surface area (Å²) in [6.45, 7) is -1.04. The van der Waals surface area contributed by atoms with Crippen LogP contribution in [0, 0.1) is 10.1 Å². The minimum Gasteiger partial charge on any atom is -0.332 e. The molecule has 8 heteroatoms. The molecule has 0 aliphatic carbocycles. The number of aromatic nitrogens is 2. The van der Waals surface area contributed by atoms with Crippen molar-refractivity contribution in [3.05, 3.63) is 64.2 Å². The molecular formula is C15H15F2N3O3. The van der Waals surface area contributed by atoms with Gasteiger partial charge >= 0.3 is 0 Å². The first-order valence-corrected chi connectivity index (χ1v) is 6.83. The quantitative estimate of drug-likeness (QED) is 0.445. The van der Waals surface area contributed by atoms with Crippen LogP contribution in [-0.2, 0) is 12.5 Å². The Kier molecular flexibility index (Phi) is 4.83. The lowest BCUT2D eigenvalue weighted by molar-refractivity contribution is -0.494. The summed E-state index contributed by atoms with van der Waals surface area (Å²) in [5.41, 5.74) is -2.12. The first kappa shape index (κ1) is 16.7. The lowest BCUT2D eigenvalue weighted by Gasteiger charge is -2.29. The molecule has 0 amide bonds. The van der Waals surface area contributed by atoms with E-state index in [4.69, 9.17) is 0 Å². The molecule has 1 heterocycles. The summed E-state index contributed by atoms with van der Waals surface area (Å²) in [6.07, 6.45) is -0.888. The number of carbonyl (C=O) groups is 1. The molecule has 1 aromatic heterocycles. The van der Waals surface area contributed by atoms with Gasteiger partial charge < -0.3 is 4.57 Å². The molecule has 1 atom stereocenters. The van der Waals surface area contributed by atoms with Crippen molar-refractivity contribution in [1.82, 2.24) is 9.55 Å². The number of benzene rings is 1. The number of hydrogen-bond donors (Lipinski definition) is 0. The van der Waals surface area contributed by atoms with E-state index >= 15 is 0 Å². The highest BCUT2D eigenvalue weighted by Gasteiger charge is 2.48. The SMILES string of the molecule is Cn1ccnc1C(=O)C[C@@](C[N+](=O)[O-])(c1ccccc1)C(F)F. The number of rotatable bonds is 7. The van der Waals surface area contributed by atoms with Gasteiger partial charge in [-0.15, -0.1) is 0 Å². The van der Waals surface area contributed by atoms with Crippen molar-refractivity contribution >= 4 is 5.78 Å². The largest absolute Gasteiger partial charge is 0.332 e. The molecule has 6 nitrogen and oxygen atoms in total. The van der Waals surface area contributed by atoms with Crippen LogP contribution in [0.2, 0.25) is 0 Å². The molecule has 0 saturated heterocycles. The van der Waals surface area contributed by atoms with Crippen LogP contribution < -0.4 is 0 Å². The van der Waals surface area contributed by atoms with Gasteiger partial charge in [-0.05, 0) is 5.56 Å². The van der Waals surface area contributed by atoms with Crippen molar-refractivity contribution in [3.8, 4) is 0 Å². The van der Waals surface area contributed by atoms with Crippen molar-refractivity contribution in [2.45, 2.75) is 18.3 Å². The fraction of sp³-hybridized carbons (Fsp3) is 0.333. The fourth-order valence-electron chi connectivity index (χ4n) is 2.52. The normalized spacial score (nSPS) is 13.7. The first-order chi connectivity index (χ1) is 10.9. The summed E-state index contributed by atoms with van der Waals surface area (Å²) in [4.78, 5) is 26.3. The number of Topliss-reactive ketones (excluding diaryl/α,β-unsaturated/α-hetero) is 1. The van der Waals surface area contributed by atoms with E-state index in [9.17, 15) is 23.7 Å². The zero-order chi connectivity index (χ0) is 17.0. The number of halogens is 2. The third kappa shape index (κ3) is 3.41. The summed E-state index contributed by atoms with van der Waals surface area (Å²) in [5, 5.41) is 11.0. The lowest BCUT2D eigenvalue weighted by atomic mass is 9.76. The average molecular weight is 323 g/mol. The molecule has 0 unspecified atom stereocenters. The highest BCUT2D eigenvalue weighted by molar-refractivity contribution is 5.93. The number of aryl methyl sites for hydroxylation is 1. The lowest BCUT2D eigenvalue weighted by Crippen LogP contribution is -2.43. The predicted molar refractivity (Wildman–Crippen MR) is 78.1 cm³/mol. The van der Waals surface area contributed by atoms with E-state index in [1.54, 1.807) is 13.1 Å². The van der Waals surface area contributed by atoms with Crippen molar-refractivity contribution in [2.24, 2.45) is 7.05 Å². The third-order valence-corrected chi connectivity index (χ3v) is 3.72. The van der Waals surface area contributed by atoms with E-state index < -0.39 is 35.5 Å². The standard InChI is InChI=1S/C15H15F2N3O3/c1-19-8-7-18-13(19)12(21)9-15(14(16)17,10-20(22)23)11-5-3-2-4-6-11/h2-8,14H,9-10H2,1H3/t15-/m1/s1. The maximum Gasteiger partial charge on any atom is 0.254 e. The van der Waals surface area contributed by atoms with Gasteiger partial charge in [0.1, 0.15) is 5.41 Å². The topological polar surface area (TPSA) is 78.0 Å². The second kappa shape index (κ2) is 6.64. The molecule has 0 aliphatic rings. The van der Waals surface area contributed by atoms with Crippen molar-refractivity contribution in [3.63, 3.8) is 0 Å². The van der Waals surface area contributed by atoms with Crippen LogP contribution in [0.25, 0.3) is 0 Å². The highest BCUT2D eigenvalue weighted by atomic mass is 19.3. The molecule has 0 N–H and O–H groups in total. The van der Waals surface area contributed by atoms with Crippen molar-refractivity contribution < 1.29 is 18.5 Å². The van der Waals surface area contributed by atoms with Crippen molar-refractivity contribution in [1.29, 1.82) is 0 Å². The minimum atomic E-state index is -3.07. The Balaban J connectivity index is 2.46. The van der Waals surface area contributed by atoms with Crippen LogP contribution in [-0.4, -0.2) is 33.2 Å². The Bertz CT molecular complexity index is 703. The number of nitro groups is 1. The molecular weight excluding hydrogens is 308 g/mol. The van der Waals surface area contributed by atoms with E-state index in [0.717, 1.165) is 0 Å². The number of carbonyl (C=O) groups excluding carboxylic acids is 1. The van der Waals surface area contributed by atoms with Crippen LogP contribution in [0.15, 0.2) is 42.7 Å². The van der Waals surface area contributed by atoms with Crippen LogP contribution in [0.5, 0.6) is 0 Å². The summed E-state index contributed by atoms with van der Waals surface area (Å²) in [6, 6.07) is 7.39. The molecule has 23 heavy (non-hydrogen) atoms. The second-order valence-corrected chi connectivity index (χ2v) is 5.28. The Labute approximate surface area is 130 Å². The van der Waals surface area contributed by atoms with Gasteiger partial charge in [0.05, 0.1) is 0 Å². The van der Waals surface area contributed by atoms with Gasteiger partial charge in [-0.3, -0.25) is 14.9 Å². The van der Waals surface area contributed by atoms with E-state index in [0.29, 0.717) is 0 Å². The average Bonchev–Trinajstić information content (AvgIpc) is 2.93. The third-order valence-electron chi connectivity index (χ3n) is 3.72. The zero-order valence-electron chi connectivity index (χ0n) is 12.4. The summed E-state index contributed by atoms with van der Waals surface area (Å²) < 4.78 is 29.0. The number of nitrogens with zero attached hydrogens (tertiary/aromatic N) is 3. The predicted octanol–water partition coefficient (Wildman–Crippen LogP) is 2.47. The molecule has 2 aromatic rings. The number of alkyl halides is 2. The van der Waals surface area contributed by atoms with Gasteiger partial charge in [-0.25, -0.2) is 13.8 Å². The van der Waals surface area contributed by atoms with Gasteiger partial charge in [0, 0.05) is 30.8 Å². The molecule has 0 radical (unpaired) electrons. The van der Waals surface area contributed by atoms with Gasteiger partial charge in [0.25, 0.3) is 6.43 Å². The molecule has 0 bridgehead atoms. The smallest absolute Gasteiger partial charge is 0.254 e. The van der Waals surface area contributed by atoms with E-state index in [1.165, 1.54) is 41.2 Å². The number of hydrogen-bond acceptors (Lipinski definition) is 4. The fourth-order valence-corrected chi connectivity index (χ4v) is 2.52. The van der Waals surface area contributed by atoms with Crippen LogP contribution >= 0.6 is 0 Å². The molecule has 0 saturated carbocycles. The first-order valence-electron chi connectivity index (χ1n) is 6.83. The monoisotopic (exact) mass is 323 g/mol. The van der Waals surface area contributed by atoms with E-state index in [2.05, 4.69) is 4.98 Å². The maximum atomic E-state index is 13.8. The summed E-state index contributed by atoms with van der Waals surface area (Å²) >= 11 is 0. The summed E-state index contributed by atoms with van der Waals surface area (Å²) in [7, 11) is 1.56. The van der Waals surface area contributed by atoms with Crippen LogP contribution in [0.3, 0.4) is 0 Å². The summed E-state index contributed by atoms with van der Waals surface area (Å²) in [5.74, 6) is -0.669. The maximum absolute atomic E-state index is 13.8. The molecule has 0 fully saturated rings. The number of ketones is 1. The minimum absolute atomic E-state index is 0.00527. The van der Waals surface area contributed by atoms with Crippen LogP contribution in [0.4, 0.5) is 8.78 Å². The van der Waals surface area contributed by atoms with Crippen LogP contribution in [0.1, 0.15) is 22.6 Å². The van der Waals surface area contributed by atoms with E-state index in [-0.39, 0.29) is 11.4 Å². The van der Waals surface area contributed by atoms with Gasteiger partial charge in [-0.2, -0.15) is 0 Å². The van der Waals surface area contributed by atoms with Crippen molar-refractivity contribution in [2.75, 3.05) is 6.54 Å².